The van der Waals surface area contributed by atoms with Crippen molar-refractivity contribution in [2.45, 2.75) is 40.8 Å². The molecule has 0 fully saturated rings. The van der Waals surface area contributed by atoms with Crippen LogP contribution in [0.3, 0.4) is 0 Å². The minimum absolute atomic E-state index is 0.268. The highest BCUT2D eigenvalue weighted by molar-refractivity contribution is 9.10. The monoisotopic (exact) mass is 481 g/mol. The molecule has 3 heterocycles. The van der Waals surface area contributed by atoms with E-state index in [-0.39, 0.29) is 11.7 Å². The lowest BCUT2D eigenvalue weighted by atomic mass is 10.2. The van der Waals surface area contributed by atoms with Gasteiger partial charge < -0.3 is 9.73 Å². The summed E-state index contributed by atoms with van der Waals surface area (Å²) in [6.45, 7) is 9.05. The lowest BCUT2D eigenvalue weighted by Crippen LogP contribution is -2.11. The van der Waals surface area contributed by atoms with Gasteiger partial charge in [-0.15, -0.1) is 0 Å². The Labute approximate surface area is 189 Å². The Morgan fingerprint density at radius 2 is 1.84 bits per heavy atom. The Hall–Kier alpha value is -3.13. The van der Waals surface area contributed by atoms with Crippen molar-refractivity contribution in [1.82, 2.24) is 19.6 Å². The number of carbonyl (C=O) groups is 1. The zero-order chi connectivity index (χ0) is 22.1. The quantitative estimate of drug-likeness (QED) is 0.419. The van der Waals surface area contributed by atoms with Crippen LogP contribution < -0.4 is 5.32 Å². The van der Waals surface area contributed by atoms with Crippen molar-refractivity contribution in [2.75, 3.05) is 5.32 Å². The summed E-state index contributed by atoms with van der Waals surface area (Å²) in [6, 6.07) is 13.2. The first kappa shape index (κ1) is 21.1. The molecule has 4 rings (SSSR count). The van der Waals surface area contributed by atoms with Gasteiger partial charge in [-0.1, -0.05) is 12.1 Å². The van der Waals surface area contributed by atoms with Gasteiger partial charge in [0.15, 0.2) is 5.76 Å². The zero-order valence-electron chi connectivity index (χ0n) is 17.9. The molecule has 0 saturated carbocycles. The highest BCUT2D eigenvalue weighted by Gasteiger charge is 2.14. The number of nitrogens with zero attached hydrogens (tertiary/aromatic N) is 4. The second-order valence-electron chi connectivity index (χ2n) is 7.65. The number of benzene rings is 1. The van der Waals surface area contributed by atoms with Gasteiger partial charge in [-0.25, -0.2) is 0 Å². The van der Waals surface area contributed by atoms with Gasteiger partial charge in [0.2, 0.25) is 0 Å². The average molecular weight is 482 g/mol. The third-order valence-corrected chi connectivity index (χ3v) is 6.25. The van der Waals surface area contributed by atoms with Crippen LogP contribution in [0.1, 0.15) is 44.7 Å². The van der Waals surface area contributed by atoms with E-state index in [9.17, 15) is 4.79 Å². The molecule has 160 valence electrons. The first-order valence-electron chi connectivity index (χ1n) is 9.99. The van der Waals surface area contributed by atoms with E-state index in [2.05, 4.69) is 31.4 Å². The second kappa shape index (κ2) is 8.55. The number of amides is 1. The molecule has 0 spiro atoms. The molecular weight excluding hydrogens is 458 g/mol. The van der Waals surface area contributed by atoms with Crippen molar-refractivity contribution < 1.29 is 9.21 Å². The number of rotatable bonds is 6. The van der Waals surface area contributed by atoms with Crippen molar-refractivity contribution in [1.29, 1.82) is 0 Å². The van der Waals surface area contributed by atoms with Crippen LogP contribution in [0.15, 0.2) is 51.4 Å². The van der Waals surface area contributed by atoms with Crippen LogP contribution >= 0.6 is 15.9 Å². The fourth-order valence-electron chi connectivity index (χ4n) is 3.51. The molecule has 31 heavy (non-hydrogen) atoms. The van der Waals surface area contributed by atoms with Gasteiger partial charge in [-0.05, 0) is 79.5 Å². The SMILES string of the molecule is Cc1cc(C)n(Cc2ccc(C(=O)Nc3cccc(Cn4nc(C)c(Br)c4C)c3)o2)n1. The highest BCUT2D eigenvalue weighted by atomic mass is 79.9. The van der Waals surface area contributed by atoms with E-state index < -0.39 is 0 Å². The molecule has 0 bridgehead atoms. The standard InChI is InChI=1S/C23H24BrN5O2/c1-14-10-15(2)28(26-14)13-20-8-9-21(31-20)23(30)25-19-7-5-6-18(11-19)12-29-17(4)22(24)16(3)27-29/h5-11H,12-13H2,1-4H3,(H,25,30). The molecule has 8 heteroatoms. The number of carbonyl (C=O) groups excluding carboxylic acids is 1. The van der Waals surface area contributed by atoms with E-state index in [1.165, 1.54) is 0 Å². The zero-order valence-corrected chi connectivity index (χ0v) is 19.5. The largest absolute Gasteiger partial charge is 0.454 e. The average Bonchev–Trinajstić information content (AvgIpc) is 3.38. The minimum Gasteiger partial charge on any atom is -0.454 e. The lowest BCUT2D eigenvalue weighted by molar-refractivity contribution is 0.0994. The second-order valence-corrected chi connectivity index (χ2v) is 8.44. The van der Waals surface area contributed by atoms with Crippen molar-refractivity contribution in [2.24, 2.45) is 0 Å². The predicted molar refractivity (Wildman–Crippen MR) is 122 cm³/mol. The lowest BCUT2D eigenvalue weighted by Gasteiger charge is -2.08. The summed E-state index contributed by atoms with van der Waals surface area (Å²) < 4.78 is 10.6. The summed E-state index contributed by atoms with van der Waals surface area (Å²) in [5, 5.41) is 11.9. The molecule has 1 amide bonds. The Morgan fingerprint density at radius 3 is 2.52 bits per heavy atom. The molecule has 0 aliphatic heterocycles. The smallest absolute Gasteiger partial charge is 0.291 e. The third kappa shape index (κ3) is 4.64. The fourth-order valence-corrected chi connectivity index (χ4v) is 3.79. The summed E-state index contributed by atoms with van der Waals surface area (Å²) in [5.74, 6) is 0.662. The summed E-state index contributed by atoms with van der Waals surface area (Å²) >= 11 is 3.56. The summed E-state index contributed by atoms with van der Waals surface area (Å²) in [5.41, 5.74) is 5.77. The summed E-state index contributed by atoms with van der Waals surface area (Å²) in [4.78, 5) is 12.7. The molecule has 0 aliphatic rings. The summed E-state index contributed by atoms with van der Waals surface area (Å²) in [7, 11) is 0. The van der Waals surface area contributed by atoms with Crippen LogP contribution in [-0.4, -0.2) is 25.5 Å². The van der Waals surface area contributed by atoms with Crippen LogP contribution in [0.4, 0.5) is 5.69 Å². The van der Waals surface area contributed by atoms with Gasteiger partial charge in [-0.2, -0.15) is 10.2 Å². The molecule has 0 aliphatic carbocycles. The van der Waals surface area contributed by atoms with Crippen LogP contribution in [0, 0.1) is 27.7 Å². The molecule has 1 aromatic carbocycles. The fraction of sp³-hybridized carbons (Fsp3) is 0.261. The number of nitrogens with one attached hydrogen (secondary N) is 1. The maximum atomic E-state index is 12.7. The molecule has 0 saturated heterocycles. The normalized spacial score (nSPS) is 11.1. The van der Waals surface area contributed by atoms with Crippen LogP contribution in [0.2, 0.25) is 0 Å². The van der Waals surface area contributed by atoms with Gasteiger partial charge >= 0.3 is 0 Å². The molecular formula is C23H24BrN5O2. The van der Waals surface area contributed by atoms with Gasteiger partial charge in [0, 0.05) is 11.4 Å². The first-order valence-corrected chi connectivity index (χ1v) is 10.8. The Balaban J connectivity index is 1.44. The topological polar surface area (TPSA) is 77.9 Å². The van der Waals surface area contributed by atoms with E-state index in [1.54, 1.807) is 6.07 Å². The maximum absolute atomic E-state index is 12.7. The van der Waals surface area contributed by atoms with Crippen LogP contribution in [-0.2, 0) is 13.1 Å². The number of halogens is 1. The van der Waals surface area contributed by atoms with Crippen molar-refractivity contribution in [3.63, 3.8) is 0 Å². The number of anilines is 1. The van der Waals surface area contributed by atoms with Gasteiger partial charge in [0.05, 0.1) is 34.6 Å². The molecule has 0 radical (unpaired) electrons. The number of hydrogen-bond donors (Lipinski definition) is 1. The molecule has 7 nitrogen and oxygen atoms in total. The molecule has 0 atom stereocenters. The molecule has 4 aromatic rings. The highest BCUT2D eigenvalue weighted by Crippen LogP contribution is 2.21. The van der Waals surface area contributed by atoms with E-state index >= 15 is 0 Å². The van der Waals surface area contributed by atoms with E-state index in [0.717, 1.165) is 32.8 Å². The van der Waals surface area contributed by atoms with Crippen molar-refractivity contribution in [3.8, 4) is 0 Å². The molecule has 1 N–H and O–H groups in total. The number of aromatic nitrogens is 4. The number of hydrogen-bond acceptors (Lipinski definition) is 4. The number of aryl methyl sites for hydroxylation is 3. The Kier molecular flexibility index (Phi) is 5.82. The van der Waals surface area contributed by atoms with Crippen molar-refractivity contribution >= 4 is 27.5 Å². The van der Waals surface area contributed by atoms with Gasteiger partial charge in [0.25, 0.3) is 5.91 Å². The van der Waals surface area contributed by atoms with Crippen LogP contribution in [0.5, 0.6) is 0 Å². The van der Waals surface area contributed by atoms with E-state index in [0.29, 0.717) is 24.5 Å². The minimum atomic E-state index is -0.286. The first-order chi connectivity index (χ1) is 14.8. The molecule has 0 unspecified atom stereocenters. The summed E-state index contributed by atoms with van der Waals surface area (Å²) in [6.07, 6.45) is 0. The Morgan fingerprint density at radius 1 is 1.03 bits per heavy atom. The van der Waals surface area contributed by atoms with Crippen molar-refractivity contribution in [3.05, 3.63) is 86.8 Å². The van der Waals surface area contributed by atoms with E-state index in [1.807, 2.05) is 73.5 Å². The number of furan rings is 1. The van der Waals surface area contributed by atoms with Crippen LogP contribution in [0.25, 0.3) is 0 Å². The molecule has 3 aromatic heterocycles. The van der Waals surface area contributed by atoms with Gasteiger partial charge in [0.1, 0.15) is 5.76 Å². The Bertz CT molecular complexity index is 1250. The predicted octanol–water partition coefficient (Wildman–Crippen LogP) is 5.02. The maximum Gasteiger partial charge on any atom is 0.291 e. The van der Waals surface area contributed by atoms with Gasteiger partial charge in [-0.3, -0.25) is 14.2 Å². The van der Waals surface area contributed by atoms with E-state index in [4.69, 9.17) is 4.42 Å². The third-order valence-electron chi connectivity index (χ3n) is 5.10.